The molecule has 0 aliphatic carbocycles. The summed E-state index contributed by atoms with van der Waals surface area (Å²) in [5.41, 5.74) is 2.45. The quantitative estimate of drug-likeness (QED) is 0.801. The molecule has 3 rings (SSSR count). The lowest BCUT2D eigenvalue weighted by Gasteiger charge is -2.37. The van der Waals surface area contributed by atoms with E-state index in [1.807, 2.05) is 12.1 Å². The summed E-state index contributed by atoms with van der Waals surface area (Å²) in [6.07, 6.45) is 4.05. The van der Waals surface area contributed by atoms with Crippen molar-refractivity contribution < 1.29 is 0 Å². The van der Waals surface area contributed by atoms with Crippen LogP contribution in [0.4, 0.5) is 11.4 Å². The number of piperidine rings is 1. The van der Waals surface area contributed by atoms with Gasteiger partial charge in [0.25, 0.3) is 0 Å². The maximum atomic E-state index is 9.17. The molecule has 1 aromatic carbocycles. The van der Waals surface area contributed by atoms with Crippen LogP contribution in [-0.2, 0) is 0 Å². The van der Waals surface area contributed by atoms with Crippen molar-refractivity contribution in [3.63, 3.8) is 0 Å². The Morgan fingerprint density at radius 1 is 1.40 bits per heavy atom. The van der Waals surface area contributed by atoms with Crippen LogP contribution in [0.2, 0.25) is 0 Å². The van der Waals surface area contributed by atoms with Crippen LogP contribution < -0.4 is 10.2 Å². The van der Waals surface area contributed by atoms with Crippen molar-refractivity contribution in [1.29, 1.82) is 5.26 Å². The monoisotopic (exact) mass is 338 g/mol. The van der Waals surface area contributed by atoms with E-state index in [4.69, 9.17) is 5.26 Å². The van der Waals surface area contributed by atoms with Gasteiger partial charge in [-0.1, -0.05) is 0 Å². The SMILES string of the molecule is CN(C)C1CCCN(c2ccc(NC=C(C#N)c3nn[nH]n3)cc2)C1. The van der Waals surface area contributed by atoms with Gasteiger partial charge in [-0.3, -0.25) is 0 Å². The molecule has 130 valence electrons. The first-order chi connectivity index (χ1) is 12.2. The molecule has 8 heteroatoms. The molecule has 1 aromatic heterocycles. The number of anilines is 2. The molecule has 1 saturated heterocycles. The largest absolute Gasteiger partial charge is 0.370 e. The summed E-state index contributed by atoms with van der Waals surface area (Å²) < 4.78 is 0. The van der Waals surface area contributed by atoms with E-state index in [1.54, 1.807) is 6.20 Å². The van der Waals surface area contributed by atoms with Crippen molar-refractivity contribution in [1.82, 2.24) is 25.5 Å². The lowest BCUT2D eigenvalue weighted by Crippen LogP contribution is -2.45. The van der Waals surface area contributed by atoms with Crippen molar-refractivity contribution in [2.45, 2.75) is 18.9 Å². The molecule has 2 heterocycles. The molecular formula is C17H22N8. The number of hydrogen-bond acceptors (Lipinski definition) is 7. The van der Waals surface area contributed by atoms with Gasteiger partial charge in [0, 0.05) is 36.7 Å². The van der Waals surface area contributed by atoms with Gasteiger partial charge in [0.15, 0.2) is 0 Å². The van der Waals surface area contributed by atoms with E-state index in [1.165, 1.54) is 18.5 Å². The molecular weight excluding hydrogens is 316 g/mol. The minimum atomic E-state index is 0.273. The number of nitrogens with zero attached hydrogens (tertiary/aromatic N) is 6. The van der Waals surface area contributed by atoms with Gasteiger partial charge in [0.05, 0.1) is 0 Å². The Bertz CT molecular complexity index is 742. The Morgan fingerprint density at radius 2 is 2.20 bits per heavy atom. The average molecular weight is 338 g/mol. The molecule has 1 atom stereocenters. The smallest absolute Gasteiger partial charge is 0.216 e. The number of allylic oxidation sites excluding steroid dienone is 1. The summed E-state index contributed by atoms with van der Waals surface area (Å²) in [4.78, 5) is 4.72. The average Bonchev–Trinajstić information content (AvgIpc) is 3.17. The van der Waals surface area contributed by atoms with E-state index in [0.29, 0.717) is 11.6 Å². The first-order valence-electron chi connectivity index (χ1n) is 8.29. The minimum absolute atomic E-state index is 0.273. The van der Waals surface area contributed by atoms with Crippen LogP contribution in [-0.4, -0.2) is 58.8 Å². The second kappa shape index (κ2) is 7.77. The zero-order chi connectivity index (χ0) is 17.6. The second-order valence-electron chi connectivity index (χ2n) is 6.30. The van der Waals surface area contributed by atoms with Gasteiger partial charge in [0.1, 0.15) is 11.6 Å². The fourth-order valence-electron chi connectivity index (χ4n) is 2.96. The number of nitriles is 1. The van der Waals surface area contributed by atoms with Gasteiger partial charge in [-0.15, -0.1) is 10.2 Å². The molecule has 25 heavy (non-hydrogen) atoms. The van der Waals surface area contributed by atoms with Crippen molar-refractivity contribution in [3.05, 3.63) is 36.3 Å². The third-order valence-electron chi connectivity index (χ3n) is 4.45. The molecule has 0 spiro atoms. The Hall–Kier alpha value is -2.92. The van der Waals surface area contributed by atoms with Gasteiger partial charge >= 0.3 is 0 Å². The van der Waals surface area contributed by atoms with Crippen LogP contribution in [0.15, 0.2) is 30.5 Å². The minimum Gasteiger partial charge on any atom is -0.370 e. The first kappa shape index (κ1) is 16.9. The molecule has 0 saturated carbocycles. The summed E-state index contributed by atoms with van der Waals surface area (Å²) in [6, 6.07) is 10.9. The fraction of sp³-hybridized carbons (Fsp3) is 0.412. The van der Waals surface area contributed by atoms with Crippen LogP contribution in [0, 0.1) is 11.3 Å². The number of nitrogens with one attached hydrogen (secondary N) is 2. The highest BCUT2D eigenvalue weighted by atomic mass is 15.5. The fourth-order valence-corrected chi connectivity index (χ4v) is 2.96. The highest BCUT2D eigenvalue weighted by molar-refractivity contribution is 5.74. The molecule has 1 aliphatic heterocycles. The Labute approximate surface area is 147 Å². The molecule has 0 bridgehead atoms. The third kappa shape index (κ3) is 4.14. The van der Waals surface area contributed by atoms with Crippen LogP contribution >= 0.6 is 0 Å². The highest BCUT2D eigenvalue weighted by Gasteiger charge is 2.21. The zero-order valence-electron chi connectivity index (χ0n) is 14.5. The number of tetrazole rings is 1. The van der Waals surface area contributed by atoms with Gasteiger partial charge in [-0.2, -0.15) is 10.5 Å². The number of benzene rings is 1. The Balaban J connectivity index is 1.65. The highest BCUT2D eigenvalue weighted by Crippen LogP contribution is 2.23. The number of rotatable bonds is 5. The van der Waals surface area contributed by atoms with E-state index in [9.17, 15) is 0 Å². The van der Waals surface area contributed by atoms with Crippen molar-refractivity contribution in [3.8, 4) is 6.07 Å². The van der Waals surface area contributed by atoms with Crippen molar-refractivity contribution >= 4 is 16.9 Å². The van der Waals surface area contributed by atoms with Gasteiger partial charge < -0.3 is 15.1 Å². The summed E-state index contributed by atoms with van der Waals surface area (Å²) >= 11 is 0. The molecule has 0 amide bonds. The Morgan fingerprint density at radius 3 is 2.84 bits per heavy atom. The topological polar surface area (TPSA) is 96.8 Å². The lowest BCUT2D eigenvalue weighted by molar-refractivity contribution is 0.258. The summed E-state index contributed by atoms with van der Waals surface area (Å²) in [5, 5.41) is 25.7. The third-order valence-corrected chi connectivity index (χ3v) is 4.45. The standard InChI is InChI=1S/C17H22N8/c1-24(2)16-4-3-9-25(12-16)15-7-5-14(6-8-15)19-11-13(10-18)17-20-22-23-21-17/h5-8,11,16,19H,3-4,9,12H2,1-2H3,(H,20,21,22,23). The Kier molecular flexibility index (Phi) is 5.26. The van der Waals surface area contributed by atoms with Gasteiger partial charge in [-0.05, 0) is 56.4 Å². The molecule has 1 aliphatic rings. The number of H-pyrrole nitrogens is 1. The van der Waals surface area contributed by atoms with E-state index in [2.05, 4.69) is 68.0 Å². The number of aromatic nitrogens is 4. The maximum Gasteiger partial charge on any atom is 0.216 e. The normalized spacial score (nSPS) is 18.2. The van der Waals surface area contributed by atoms with E-state index in [-0.39, 0.29) is 5.82 Å². The second-order valence-corrected chi connectivity index (χ2v) is 6.30. The molecule has 8 nitrogen and oxygen atoms in total. The number of likely N-dealkylation sites (N-methyl/N-ethyl adjacent to an activating group) is 1. The molecule has 1 fully saturated rings. The lowest BCUT2D eigenvalue weighted by atomic mass is 10.0. The van der Waals surface area contributed by atoms with E-state index in [0.717, 1.165) is 18.8 Å². The van der Waals surface area contributed by atoms with Crippen LogP contribution in [0.1, 0.15) is 18.7 Å². The molecule has 1 unspecified atom stereocenters. The molecule has 2 aromatic rings. The first-order valence-corrected chi connectivity index (χ1v) is 8.29. The zero-order valence-corrected chi connectivity index (χ0v) is 14.5. The van der Waals surface area contributed by atoms with Gasteiger partial charge in [0.2, 0.25) is 5.82 Å². The van der Waals surface area contributed by atoms with Crippen LogP contribution in [0.3, 0.4) is 0 Å². The van der Waals surface area contributed by atoms with Crippen molar-refractivity contribution in [2.24, 2.45) is 0 Å². The van der Waals surface area contributed by atoms with Gasteiger partial charge in [-0.25, -0.2) is 0 Å². The summed E-state index contributed by atoms with van der Waals surface area (Å²) in [6.45, 7) is 2.14. The summed E-state index contributed by atoms with van der Waals surface area (Å²) in [5.74, 6) is 0.273. The predicted octanol–water partition coefficient (Wildman–Crippen LogP) is 1.71. The van der Waals surface area contributed by atoms with E-state index >= 15 is 0 Å². The molecule has 2 N–H and O–H groups in total. The van der Waals surface area contributed by atoms with E-state index < -0.39 is 0 Å². The molecule has 0 radical (unpaired) electrons. The van der Waals surface area contributed by atoms with Crippen molar-refractivity contribution in [2.75, 3.05) is 37.4 Å². The maximum absolute atomic E-state index is 9.17. The number of hydrogen-bond donors (Lipinski definition) is 2. The predicted molar refractivity (Wildman–Crippen MR) is 96.8 cm³/mol. The summed E-state index contributed by atoms with van der Waals surface area (Å²) in [7, 11) is 4.29. The van der Waals surface area contributed by atoms with Crippen LogP contribution in [0.5, 0.6) is 0 Å². The number of aromatic amines is 1. The van der Waals surface area contributed by atoms with Crippen LogP contribution in [0.25, 0.3) is 5.57 Å².